The molecule has 26 heavy (non-hydrogen) atoms. The second-order valence-electron chi connectivity index (χ2n) is 6.56. The van der Waals surface area contributed by atoms with Crippen molar-refractivity contribution in [1.29, 1.82) is 0 Å². The minimum atomic E-state index is -4.81. The van der Waals surface area contributed by atoms with Crippen LogP contribution in [-0.2, 0) is 10.9 Å². The number of hydrogen-bond donors (Lipinski definition) is 0. The first kappa shape index (κ1) is 22.5. The van der Waals surface area contributed by atoms with Gasteiger partial charge in [-0.1, -0.05) is 52.4 Å². The van der Waals surface area contributed by atoms with Gasteiger partial charge >= 0.3 is 12.1 Å². The Hall–Kier alpha value is -1.59. The summed E-state index contributed by atoms with van der Waals surface area (Å²) >= 11 is 0. The number of unbranched alkanes of at least 4 members (excludes halogenated alkanes) is 5. The van der Waals surface area contributed by atoms with Crippen molar-refractivity contribution in [1.82, 2.24) is 0 Å². The molecule has 0 bridgehead atoms. The van der Waals surface area contributed by atoms with Crippen LogP contribution in [0.5, 0.6) is 0 Å². The van der Waals surface area contributed by atoms with E-state index in [1.54, 1.807) is 0 Å². The van der Waals surface area contributed by atoms with Crippen molar-refractivity contribution in [2.45, 2.75) is 83.9 Å². The lowest BCUT2D eigenvalue weighted by atomic mass is 10.0. The largest absolute Gasteiger partial charge is 0.459 e. The summed E-state index contributed by atoms with van der Waals surface area (Å²) in [6.45, 7) is 4.12. The second-order valence-corrected chi connectivity index (χ2v) is 6.56. The van der Waals surface area contributed by atoms with Gasteiger partial charge in [-0.3, -0.25) is 0 Å². The van der Waals surface area contributed by atoms with Gasteiger partial charge in [0.05, 0.1) is 11.1 Å². The third kappa shape index (κ3) is 7.75. The highest BCUT2D eigenvalue weighted by Crippen LogP contribution is 2.33. The number of rotatable bonds is 11. The standard InChI is InChI=1S/C20H28F4O2/c1-3-5-7-8-9-11-16(10-6-4-2)26-19(25)17-13-12-15(21)14-18(17)20(22,23)24/h12-14,16H,3-11H2,1-2H3. The van der Waals surface area contributed by atoms with Crippen LogP contribution >= 0.6 is 0 Å². The number of hydrogen-bond acceptors (Lipinski definition) is 2. The Bertz CT molecular complexity index is 555. The Kier molecular flexibility index (Phi) is 9.66. The summed E-state index contributed by atoms with van der Waals surface area (Å²) in [5.41, 5.74) is -1.92. The van der Waals surface area contributed by atoms with E-state index in [0.29, 0.717) is 18.9 Å². The average molecular weight is 376 g/mol. The zero-order valence-corrected chi connectivity index (χ0v) is 15.5. The van der Waals surface area contributed by atoms with E-state index in [2.05, 4.69) is 6.92 Å². The van der Waals surface area contributed by atoms with Crippen molar-refractivity contribution in [3.05, 3.63) is 35.1 Å². The normalized spacial score (nSPS) is 12.8. The van der Waals surface area contributed by atoms with E-state index in [1.807, 2.05) is 6.92 Å². The van der Waals surface area contributed by atoms with Crippen LogP contribution in [0.25, 0.3) is 0 Å². The molecule has 1 atom stereocenters. The van der Waals surface area contributed by atoms with Crippen LogP contribution in [-0.4, -0.2) is 12.1 Å². The van der Waals surface area contributed by atoms with Crippen LogP contribution in [0.1, 0.15) is 87.6 Å². The van der Waals surface area contributed by atoms with Crippen molar-refractivity contribution in [2.24, 2.45) is 0 Å². The molecule has 1 rings (SSSR count). The maximum atomic E-state index is 13.2. The van der Waals surface area contributed by atoms with Gasteiger partial charge in [0.25, 0.3) is 0 Å². The lowest BCUT2D eigenvalue weighted by Crippen LogP contribution is -2.21. The Morgan fingerprint density at radius 2 is 1.62 bits per heavy atom. The third-order valence-electron chi connectivity index (χ3n) is 4.29. The van der Waals surface area contributed by atoms with E-state index in [9.17, 15) is 22.4 Å². The van der Waals surface area contributed by atoms with Crippen LogP contribution in [0.3, 0.4) is 0 Å². The molecule has 0 aliphatic carbocycles. The summed E-state index contributed by atoms with van der Waals surface area (Å²) < 4.78 is 57.8. The van der Waals surface area contributed by atoms with Crippen LogP contribution in [0.2, 0.25) is 0 Å². The molecule has 0 amide bonds. The molecule has 6 heteroatoms. The van der Waals surface area contributed by atoms with Crippen LogP contribution < -0.4 is 0 Å². The summed E-state index contributed by atoms with van der Waals surface area (Å²) in [6.07, 6.45) is 3.04. The van der Waals surface area contributed by atoms with Gasteiger partial charge in [-0.15, -0.1) is 0 Å². The number of ether oxygens (including phenoxy) is 1. The van der Waals surface area contributed by atoms with E-state index in [-0.39, 0.29) is 0 Å². The zero-order valence-electron chi connectivity index (χ0n) is 15.5. The molecule has 148 valence electrons. The van der Waals surface area contributed by atoms with E-state index >= 15 is 0 Å². The van der Waals surface area contributed by atoms with Crippen molar-refractivity contribution in [2.75, 3.05) is 0 Å². The number of alkyl halides is 3. The molecular formula is C20H28F4O2. The van der Waals surface area contributed by atoms with Crippen LogP contribution in [0, 0.1) is 5.82 Å². The Morgan fingerprint density at radius 3 is 2.23 bits per heavy atom. The molecule has 0 heterocycles. The van der Waals surface area contributed by atoms with Crippen molar-refractivity contribution in [3.8, 4) is 0 Å². The molecule has 0 aliphatic rings. The molecule has 0 aliphatic heterocycles. The fourth-order valence-corrected chi connectivity index (χ4v) is 2.81. The SMILES string of the molecule is CCCCCCCC(CCCC)OC(=O)c1ccc(F)cc1C(F)(F)F. The molecule has 0 saturated heterocycles. The van der Waals surface area contributed by atoms with Gasteiger partial charge in [-0.2, -0.15) is 13.2 Å². The molecule has 0 radical (unpaired) electrons. The molecular weight excluding hydrogens is 348 g/mol. The first-order chi connectivity index (χ1) is 12.3. The van der Waals surface area contributed by atoms with Crippen molar-refractivity contribution < 1.29 is 27.1 Å². The predicted molar refractivity (Wildman–Crippen MR) is 93.5 cm³/mol. The summed E-state index contributed by atoms with van der Waals surface area (Å²) in [7, 11) is 0. The highest BCUT2D eigenvalue weighted by molar-refractivity contribution is 5.91. The number of carbonyl (C=O) groups excluding carboxylic acids is 1. The van der Waals surface area contributed by atoms with Gasteiger partial charge in [0, 0.05) is 0 Å². The topological polar surface area (TPSA) is 26.3 Å². The average Bonchev–Trinajstić information content (AvgIpc) is 2.58. The minimum absolute atomic E-state index is 0.336. The molecule has 0 fully saturated rings. The Morgan fingerprint density at radius 1 is 1.00 bits per heavy atom. The molecule has 1 unspecified atom stereocenters. The van der Waals surface area contributed by atoms with E-state index in [0.717, 1.165) is 57.1 Å². The molecule has 0 aromatic heterocycles. The molecule has 0 saturated carbocycles. The van der Waals surface area contributed by atoms with Crippen molar-refractivity contribution in [3.63, 3.8) is 0 Å². The summed E-state index contributed by atoms with van der Waals surface area (Å²) in [6, 6.07) is 2.03. The van der Waals surface area contributed by atoms with Gasteiger partial charge in [-0.25, -0.2) is 9.18 Å². The fourth-order valence-electron chi connectivity index (χ4n) is 2.81. The Labute approximate surface area is 152 Å². The number of carbonyl (C=O) groups is 1. The van der Waals surface area contributed by atoms with E-state index in [1.165, 1.54) is 0 Å². The molecule has 2 nitrogen and oxygen atoms in total. The maximum absolute atomic E-state index is 13.2. The van der Waals surface area contributed by atoms with Crippen molar-refractivity contribution >= 4 is 5.97 Å². The number of benzene rings is 1. The Balaban J connectivity index is 2.79. The quantitative estimate of drug-likeness (QED) is 0.238. The molecule has 1 aromatic carbocycles. The zero-order chi connectivity index (χ0) is 19.6. The van der Waals surface area contributed by atoms with Gasteiger partial charge in [0.2, 0.25) is 0 Å². The third-order valence-corrected chi connectivity index (χ3v) is 4.29. The summed E-state index contributed by atoms with van der Waals surface area (Å²) in [5, 5.41) is 0. The van der Waals surface area contributed by atoms with E-state index in [4.69, 9.17) is 4.74 Å². The smallest absolute Gasteiger partial charge is 0.417 e. The van der Waals surface area contributed by atoms with Crippen LogP contribution in [0.4, 0.5) is 17.6 Å². The van der Waals surface area contributed by atoms with Gasteiger partial charge in [0.1, 0.15) is 11.9 Å². The lowest BCUT2D eigenvalue weighted by Gasteiger charge is -2.19. The molecule has 1 aromatic rings. The van der Waals surface area contributed by atoms with Gasteiger partial charge in [0.15, 0.2) is 0 Å². The van der Waals surface area contributed by atoms with Gasteiger partial charge < -0.3 is 4.74 Å². The van der Waals surface area contributed by atoms with Gasteiger partial charge in [-0.05, 0) is 37.5 Å². The first-order valence-corrected chi connectivity index (χ1v) is 9.37. The number of halogens is 4. The highest BCUT2D eigenvalue weighted by Gasteiger charge is 2.36. The molecule has 0 spiro atoms. The predicted octanol–water partition coefficient (Wildman–Crippen LogP) is 6.92. The first-order valence-electron chi connectivity index (χ1n) is 9.37. The molecule has 0 N–H and O–H groups in total. The summed E-state index contributed by atoms with van der Waals surface area (Å²) in [5.74, 6) is -2.07. The van der Waals surface area contributed by atoms with E-state index < -0.39 is 35.2 Å². The lowest BCUT2D eigenvalue weighted by molar-refractivity contribution is -0.138. The minimum Gasteiger partial charge on any atom is -0.459 e. The highest BCUT2D eigenvalue weighted by atomic mass is 19.4. The van der Waals surface area contributed by atoms with Crippen LogP contribution in [0.15, 0.2) is 18.2 Å². The number of esters is 1. The monoisotopic (exact) mass is 376 g/mol. The maximum Gasteiger partial charge on any atom is 0.417 e. The summed E-state index contributed by atoms with van der Waals surface area (Å²) in [4.78, 5) is 12.3. The second kappa shape index (κ2) is 11.2. The fraction of sp³-hybridized carbons (Fsp3) is 0.650.